The number of aliphatic hydroxyl groups excluding tert-OH is 1. The summed E-state index contributed by atoms with van der Waals surface area (Å²) in [4.78, 5) is 2.39. The number of hydrogen-bond donors (Lipinski definition) is 1. The molecule has 2 rings (SSSR count). The maximum Gasteiger partial charge on any atom is 0.169 e. The lowest BCUT2D eigenvalue weighted by Crippen LogP contribution is -2.27. The van der Waals surface area contributed by atoms with E-state index in [-0.39, 0.29) is 12.5 Å². The van der Waals surface area contributed by atoms with Gasteiger partial charge in [-0.25, -0.2) is 0 Å². The lowest BCUT2D eigenvalue weighted by molar-refractivity contribution is 0.204. The van der Waals surface area contributed by atoms with E-state index in [9.17, 15) is 5.11 Å². The molecule has 0 aromatic carbocycles. The normalized spacial score (nSPS) is 19.6. The first-order chi connectivity index (χ1) is 7.29. The minimum Gasteiger partial charge on any atom is -0.454 e. The molecule has 1 saturated heterocycles. The Labute approximate surface area is 98.2 Å². The predicted molar refractivity (Wildman–Crippen MR) is 61.9 cm³/mol. The second kappa shape index (κ2) is 5.14. The molecule has 84 valence electrons. The van der Waals surface area contributed by atoms with Gasteiger partial charge in [0.25, 0.3) is 0 Å². The van der Waals surface area contributed by atoms with Crippen LogP contribution in [0.4, 0.5) is 0 Å². The highest BCUT2D eigenvalue weighted by Gasteiger charge is 2.20. The molecule has 1 aliphatic heterocycles. The number of nitrogens with zero attached hydrogens (tertiary/aromatic N) is 1. The molecule has 0 amide bonds. The van der Waals surface area contributed by atoms with Crippen LogP contribution in [0.15, 0.2) is 21.2 Å². The fourth-order valence-corrected chi connectivity index (χ4v) is 2.38. The van der Waals surface area contributed by atoms with Gasteiger partial charge in [0.05, 0.1) is 12.5 Å². The van der Waals surface area contributed by atoms with Crippen molar-refractivity contribution in [2.24, 2.45) is 0 Å². The van der Waals surface area contributed by atoms with Crippen LogP contribution in [0.2, 0.25) is 0 Å². The summed E-state index contributed by atoms with van der Waals surface area (Å²) in [6, 6.07) is 3.81. The van der Waals surface area contributed by atoms with Gasteiger partial charge in [-0.3, -0.25) is 0 Å². The van der Waals surface area contributed by atoms with Crippen molar-refractivity contribution >= 4 is 15.9 Å². The molecule has 1 aromatic rings. The highest BCUT2D eigenvalue weighted by atomic mass is 79.9. The van der Waals surface area contributed by atoms with Crippen molar-refractivity contribution in [3.05, 3.63) is 22.6 Å². The minimum atomic E-state index is 0.106. The molecule has 0 saturated carbocycles. The number of likely N-dealkylation sites (tertiary alicyclic amines) is 1. The van der Waals surface area contributed by atoms with E-state index in [1.54, 1.807) is 0 Å². The number of aliphatic hydroxyl groups is 1. The highest BCUT2D eigenvalue weighted by molar-refractivity contribution is 9.10. The van der Waals surface area contributed by atoms with Crippen molar-refractivity contribution < 1.29 is 9.52 Å². The molecule has 1 N–H and O–H groups in total. The van der Waals surface area contributed by atoms with E-state index in [0.29, 0.717) is 0 Å². The van der Waals surface area contributed by atoms with E-state index in [1.807, 2.05) is 12.1 Å². The smallest absolute Gasteiger partial charge is 0.169 e. The molecule has 0 bridgehead atoms. The van der Waals surface area contributed by atoms with Crippen LogP contribution in [0.25, 0.3) is 0 Å². The molecule has 1 aliphatic rings. The summed E-state index contributed by atoms with van der Waals surface area (Å²) in [5, 5.41) is 9.35. The van der Waals surface area contributed by atoms with Crippen LogP contribution in [0.1, 0.15) is 24.5 Å². The Bertz CT molecular complexity index is 307. The standard InChI is InChI=1S/C11H16BrNO2/c12-11-4-3-10(15-11)9(8-14)7-13-5-1-2-6-13/h3-4,9,14H,1-2,5-8H2. The third-order valence-corrected chi connectivity index (χ3v) is 3.32. The van der Waals surface area contributed by atoms with Crippen molar-refractivity contribution in [2.45, 2.75) is 18.8 Å². The monoisotopic (exact) mass is 273 g/mol. The molecule has 0 radical (unpaired) electrons. The van der Waals surface area contributed by atoms with Crippen molar-refractivity contribution in [1.29, 1.82) is 0 Å². The number of hydrogen-bond acceptors (Lipinski definition) is 3. The van der Waals surface area contributed by atoms with Crippen LogP contribution in [-0.2, 0) is 0 Å². The van der Waals surface area contributed by atoms with Gasteiger partial charge in [0.1, 0.15) is 5.76 Å². The molecule has 1 fully saturated rings. The van der Waals surface area contributed by atoms with Gasteiger partial charge in [0.2, 0.25) is 0 Å². The number of rotatable bonds is 4. The summed E-state index contributed by atoms with van der Waals surface area (Å²) < 4.78 is 6.21. The first kappa shape index (κ1) is 11.2. The maximum atomic E-state index is 9.35. The van der Waals surface area contributed by atoms with Crippen molar-refractivity contribution in [3.8, 4) is 0 Å². The van der Waals surface area contributed by atoms with Crippen molar-refractivity contribution in [1.82, 2.24) is 4.90 Å². The average Bonchev–Trinajstić information content (AvgIpc) is 2.85. The molecular weight excluding hydrogens is 258 g/mol. The summed E-state index contributed by atoms with van der Waals surface area (Å²) in [6.07, 6.45) is 2.56. The van der Waals surface area contributed by atoms with E-state index in [4.69, 9.17) is 4.42 Å². The van der Waals surface area contributed by atoms with E-state index in [0.717, 1.165) is 30.1 Å². The van der Waals surface area contributed by atoms with Crippen molar-refractivity contribution in [3.63, 3.8) is 0 Å². The molecule has 0 spiro atoms. The Morgan fingerprint density at radius 2 is 2.13 bits per heavy atom. The summed E-state index contributed by atoms with van der Waals surface area (Å²) in [5.74, 6) is 0.977. The highest BCUT2D eigenvalue weighted by Crippen LogP contribution is 2.23. The molecule has 15 heavy (non-hydrogen) atoms. The molecule has 1 atom stereocenters. The van der Waals surface area contributed by atoms with Crippen LogP contribution in [0.3, 0.4) is 0 Å². The molecule has 1 unspecified atom stereocenters. The van der Waals surface area contributed by atoms with Crippen LogP contribution in [-0.4, -0.2) is 36.2 Å². The molecule has 1 aromatic heterocycles. The summed E-state index contributed by atoms with van der Waals surface area (Å²) in [7, 11) is 0. The van der Waals surface area contributed by atoms with Gasteiger partial charge in [-0.05, 0) is 54.0 Å². The van der Waals surface area contributed by atoms with Gasteiger partial charge in [-0.2, -0.15) is 0 Å². The molecular formula is C11H16BrNO2. The Hall–Kier alpha value is -0.320. The maximum absolute atomic E-state index is 9.35. The average molecular weight is 274 g/mol. The molecule has 0 aliphatic carbocycles. The SMILES string of the molecule is OCC(CN1CCCC1)c1ccc(Br)o1. The fraction of sp³-hybridized carbons (Fsp3) is 0.636. The Morgan fingerprint density at radius 3 is 2.67 bits per heavy atom. The van der Waals surface area contributed by atoms with E-state index in [1.165, 1.54) is 12.8 Å². The van der Waals surface area contributed by atoms with Gasteiger partial charge >= 0.3 is 0 Å². The van der Waals surface area contributed by atoms with Crippen LogP contribution in [0.5, 0.6) is 0 Å². The number of furan rings is 1. The van der Waals surface area contributed by atoms with Crippen LogP contribution < -0.4 is 0 Å². The van der Waals surface area contributed by atoms with Gasteiger partial charge in [0.15, 0.2) is 4.67 Å². The predicted octanol–water partition coefficient (Wildman–Crippen LogP) is 2.21. The van der Waals surface area contributed by atoms with Crippen molar-refractivity contribution in [2.75, 3.05) is 26.2 Å². The Kier molecular flexibility index (Phi) is 3.83. The lowest BCUT2D eigenvalue weighted by atomic mass is 10.1. The minimum absolute atomic E-state index is 0.106. The van der Waals surface area contributed by atoms with Crippen LogP contribution >= 0.6 is 15.9 Å². The third-order valence-electron chi connectivity index (χ3n) is 2.89. The zero-order valence-electron chi connectivity index (χ0n) is 8.66. The van der Waals surface area contributed by atoms with E-state index in [2.05, 4.69) is 20.8 Å². The van der Waals surface area contributed by atoms with E-state index < -0.39 is 0 Å². The molecule has 3 nitrogen and oxygen atoms in total. The quantitative estimate of drug-likeness (QED) is 0.914. The van der Waals surface area contributed by atoms with Gasteiger partial charge in [-0.15, -0.1) is 0 Å². The van der Waals surface area contributed by atoms with Gasteiger partial charge < -0.3 is 14.4 Å². The first-order valence-corrected chi connectivity index (χ1v) is 6.17. The molecule has 4 heteroatoms. The second-order valence-electron chi connectivity index (χ2n) is 4.03. The second-order valence-corrected chi connectivity index (χ2v) is 4.81. The zero-order chi connectivity index (χ0) is 10.7. The summed E-state index contributed by atoms with van der Waals surface area (Å²) in [5.41, 5.74) is 0. The Balaban J connectivity index is 1.97. The summed E-state index contributed by atoms with van der Waals surface area (Å²) >= 11 is 3.28. The fourth-order valence-electron chi connectivity index (χ4n) is 2.06. The molecule has 2 heterocycles. The first-order valence-electron chi connectivity index (χ1n) is 5.38. The lowest BCUT2D eigenvalue weighted by Gasteiger charge is -2.20. The van der Waals surface area contributed by atoms with Crippen LogP contribution in [0, 0.1) is 0 Å². The number of halogens is 1. The van der Waals surface area contributed by atoms with Gasteiger partial charge in [-0.1, -0.05) is 0 Å². The van der Waals surface area contributed by atoms with E-state index >= 15 is 0 Å². The topological polar surface area (TPSA) is 36.6 Å². The third kappa shape index (κ3) is 2.83. The zero-order valence-corrected chi connectivity index (χ0v) is 10.2. The largest absolute Gasteiger partial charge is 0.454 e. The Morgan fingerprint density at radius 1 is 1.40 bits per heavy atom. The van der Waals surface area contributed by atoms with Gasteiger partial charge in [0, 0.05) is 6.54 Å². The summed E-state index contributed by atoms with van der Waals surface area (Å²) in [6.45, 7) is 3.35.